The van der Waals surface area contributed by atoms with E-state index in [1.165, 1.54) is 4.90 Å². The highest BCUT2D eigenvalue weighted by Gasteiger charge is 2.66. The third kappa shape index (κ3) is 2.89. The first-order chi connectivity index (χ1) is 14.0. The van der Waals surface area contributed by atoms with E-state index in [2.05, 4.69) is 37.2 Å². The molecule has 0 spiro atoms. The molecule has 0 aromatic heterocycles. The number of alkyl halides is 2. The van der Waals surface area contributed by atoms with E-state index in [9.17, 15) is 14.4 Å². The summed E-state index contributed by atoms with van der Waals surface area (Å²) >= 11 is 7.40. The number of anilines is 2. The van der Waals surface area contributed by atoms with Crippen LogP contribution < -0.4 is 10.2 Å². The van der Waals surface area contributed by atoms with Crippen molar-refractivity contribution in [3.63, 3.8) is 0 Å². The van der Waals surface area contributed by atoms with Gasteiger partial charge in [-0.2, -0.15) is 0 Å². The molecule has 2 aromatic carbocycles. The van der Waals surface area contributed by atoms with Gasteiger partial charge in [0.2, 0.25) is 11.8 Å². The van der Waals surface area contributed by atoms with Crippen LogP contribution in [0.4, 0.5) is 11.4 Å². The number of hydrogen-bond acceptors (Lipinski definition) is 3. The molecule has 2 aliphatic carbocycles. The van der Waals surface area contributed by atoms with Crippen molar-refractivity contribution >= 4 is 61.0 Å². The molecule has 1 heterocycles. The molecule has 148 valence electrons. The average Bonchev–Trinajstić information content (AvgIpc) is 3.33. The number of carbonyl (C=O) groups is 3. The third-order valence-electron chi connectivity index (χ3n) is 6.39. The van der Waals surface area contributed by atoms with Gasteiger partial charge in [0.05, 0.1) is 17.5 Å². The highest BCUT2D eigenvalue weighted by Crippen LogP contribution is 2.60. The number of imide groups is 1. The monoisotopic (exact) mass is 516 g/mol. The molecule has 1 N–H and O–H groups in total. The molecule has 3 aliphatic rings. The van der Waals surface area contributed by atoms with E-state index in [0.29, 0.717) is 16.9 Å². The summed E-state index contributed by atoms with van der Waals surface area (Å²) in [5.41, 5.74) is 1.56. The molecule has 2 bridgehead atoms. The van der Waals surface area contributed by atoms with Crippen molar-refractivity contribution in [1.82, 2.24) is 0 Å². The maximum Gasteiger partial charge on any atom is 0.255 e. The fourth-order valence-electron chi connectivity index (χ4n) is 5.11. The standard InChI is InChI=1S/C22H18Br2N2O3/c23-18-14-10-15(19(18)24)17-16(14)21(28)26(22(17)29)13-8-4-5-11(9-13)20(27)25-12-6-2-1-3-7-12/h1-9,14-19H,10H2,(H,25,27)/t14-,15-,16-,17-,18-,19+/m0/s1. The van der Waals surface area contributed by atoms with E-state index >= 15 is 0 Å². The SMILES string of the molecule is O=C(Nc1ccccc1)c1cccc(N2C(=O)[C@H]3[C@@H]4C[C@H]([C@@H](Br)[C@H]4Br)[C@@H]3C2=O)c1. The van der Waals surface area contributed by atoms with Gasteiger partial charge in [0.1, 0.15) is 0 Å². The zero-order valence-electron chi connectivity index (χ0n) is 15.3. The number of fused-ring (bicyclic) bond motifs is 5. The maximum absolute atomic E-state index is 13.2. The molecular weight excluding hydrogens is 500 g/mol. The van der Waals surface area contributed by atoms with Crippen molar-refractivity contribution in [2.45, 2.75) is 16.1 Å². The normalized spacial score (nSPS) is 32.6. The summed E-state index contributed by atoms with van der Waals surface area (Å²) in [4.78, 5) is 40.7. The minimum atomic E-state index is -0.279. The van der Waals surface area contributed by atoms with Crippen LogP contribution >= 0.6 is 31.9 Å². The van der Waals surface area contributed by atoms with E-state index in [4.69, 9.17) is 0 Å². The van der Waals surface area contributed by atoms with Gasteiger partial charge in [-0.3, -0.25) is 19.3 Å². The molecule has 3 fully saturated rings. The molecule has 29 heavy (non-hydrogen) atoms. The zero-order valence-corrected chi connectivity index (χ0v) is 18.5. The van der Waals surface area contributed by atoms with Crippen LogP contribution in [-0.4, -0.2) is 27.4 Å². The Kier molecular flexibility index (Phi) is 4.62. The van der Waals surface area contributed by atoms with Crippen molar-refractivity contribution in [3.05, 3.63) is 60.2 Å². The number of nitrogens with one attached hydrogen (secondary N) is 1. The van der Waals surface area contributed by atoms with Gasteiger partial charge in [0.25, 0.3) is 5.91 Å². The highest BCUT2D eigenvalue weighted by molar-refractivity contribution is 9.12. The van der Waals surface area contributed by atoms with Gasteiger partial charge in [-0.25, -0.2) is 0 Å². The molecule has 1 aliphatic heterocycles. The number of para-hydroxylation sites is 1. The topological polar surface area (TPSA) is 66.5 Å². The van der Waals surface area contributed by atoms with Crippen LogP contribution in [0.25, 0.3) is 0 Å². The van der Waals surface area contributed by atoms with E-state index in [-0.39, 0.29) is 51.0 Å². The number of hydrogen-bond donors (Lipinski definition) is 1. The first kappa shape index (κ1) is 19.0. The van der Waals surface area contributed by atoms with Gasteiger partial charge < -0.3 is 5.32 Å². The Morgan fingerprint density at radius 1 is 0.897 bits per heavy atom. The fraction of sp³-hybridized carbons (Fsp3) is 0.318. The van der Waals surface area contributed by atoms with E-state index in [0.717, 1.165) is 6.42 Å². The van der Waals surface area contributed by atoms with Crippen molar-refractivity contribution in [3.8, 4) is 0 Å². The Morgan fingerprint density at radius 3 is 2.14 bits per heavy atom. The van der Waals surface area contributed by atoms with Gasteiger partial charge in [-0.05, 0) is 48.6 Å². The van der Waals surface area contributed by atoms with E-state index in [1.54, 1.807) is 36.4 Å². The molecule has 3 amide bonds. The predicted molar refractivity (Wildman–Crippen MR) is 117 cm³/mol. The number of amides is 3. The summed E-state index contributed by atoms with van der Waals surface area (Å²) in [7, 11) is 0. The van der Waals surface area contributed by atoms with Gasteiger partial charge in [-0.1, -0.05) is 56.1 Å². The smallest absolute Gasteiger partial charge is 0.255 e. The average molecular weight is 518 g/mol. The zero-order chi connectivity index (χ0) is 20.3. The molecule has 1 saturated heterocycles. The highest BCUT2D eigenvalue weighted by atomic mass is 79.9. The summed E-state index contributed by atoms with van der Waals surface area (Å²) < 4.78 is 0. The second-order valence-electron chi connectivity index (χ2n) is 7.89. The molecule has 5 rings (SSSR count). The Labute approximate surface area is 185 Å². The molecule has 6 atom stereocenters. The van der Waals surface area contributed by atoms with Crippen LogP contribution in [0.1, 0.15) is 16.8 Å². The van der Waals surface area contributed by atoms with Gasteiger partial charge >= 0.3 is 0 Å². The second kappa shape index (κ2) is 7.06. The number of carbonyl (C=O) groups excluding carboxylic acids is 3. The largest absolute Gasteiger partial charge is 0.322 e. The summed E-state index contributed by atoms with van der Waals surface area (Å²) in [5, 5.41) is 2.83. The summed E-state index contributed by atoms with van der Waals surface area (Å²) in [5.74, 6) is -0.770. The Hall–Kier alpha value is -1.99. The summed E-state index contributed by atoms with van der Waals surface area (Å²) in [6.45, 7) is 0. The van der Waals surface area contributed by atoms with E-state index < -0.39 is 0 Å². The number of halogens is 2. The summed E-state index contributed by atoms with van der Waals surface area (Å²) in [6, 6.07) is 15.9. The van der Waals surface area contributed by atoms with Crippen molar-refractivity contribution in [1.29, 1.82) is 0 Å². The lowest BCUT2D eigenvalue weighted by atomic mass is 9.81. The van der Waals surface area contributed by atoms with Crippen molar-refractivity contribution in [2.75, 3.05) is 10.2 Å². The molecular formula is C22H18Br2N2O3. The minimum absolute atomic E-state index is 0.142. The quantitative estimate of drug-likeness (QED) is 0.489. The molecule has 5 nitrogen and oxygen atoms in total. The van der Waals surface area contributed by atoms with Crippen LogP contribution in [0.5, 0.6) is 0 Å². The molecule has 2 saturated carbocycles. The number of benzene rings is 2. The third-order valence-corrected chi connectivity index (χ3v) is 9.59. The predicted octanol–water partition coefficient (Wildman–Crippen LogP) is 4.22. The molecule has 0 unspecified atom stereocenters. The second-order valence-corrected chi connectivity index (χ2v) is 10.0. The maximum atomic E-state index is 13.2. The molecule has 2 aromatic rings. The first-order valence-electron chi connectivity index (χ1n) is 9.60. The fourth-order valence-corrected chi connectivity index (χ4v) is 6.99. The first-order valence-corrected chi connectivity index (χ1v) is 11.4. The van der Waals surface area contributed by atoms with Crippen LogP contribution in [0, 0.1) is 23.7 Å². The minimum Gasteiger partial charge on any atom is -0.322 e. The van der Waals surface area contributed by atoms with Gasteiger partial charge in [0, 0.05) is 20.9 Å². The molecule has 7 heteroatoms. The van der Waals surface area contributed by atoms with Gasteiger partial charge in [-0.15, -0.1) is 0 Å². The van der Waals surface area contributed by atoms with Gasteiger partial charge in [0.15, 0.2) is 0 Å². The van der Waals surface area contributed by atoms with Crippen LogP contribution in [0.2, 0.25) is 0 Å². The summed E-state index contributed by atoms with van der Waals surface area (Å²) in [6.07, 6.45) is 0.895. The number of nitrogens with zero attached hydrogens (tertiary/aromatic N) is 1. The molecule has 0 radical (unpaired) electrons. The Morgan fingerprint density at radius 2 is 1.52 bits per heavy atom. The lowest BCUT2D eigenvalue weighted by Gasteiger charge is -2.28. The lowest BCUT2D eigenvalue weighted by molar-refractivity contribution is -0.123. The van der Waals surface area contributed by atoms with Crippen molar-refractivity contribution in [2.24, 2.45) is 23.7 Å². The van der Waals surface area contributed by atoms with Crippen LogP contribution in [0.15, 0.2) is 54.6 Å². The van der Waals surface area contributed by atoms with Crippen molar-refractivity contribution < 1.29 is 14.4 Å². The Bertz CT molecular complexity index is 980. The Balaban J connectivity index is 1.42. The van der Waals surface area contributed by atoms with Crippen LogP contribution in [-0.2, 0) is 9.59 Å². The van der Waals surface area contributed by atoms with Crippen LogP contribution in [0.3, 0.4) is 0 Å². The lowest BCUT2D eigenvalue weighted by Crippen LogP contribution is -2.37. The number of rotatable bonds is 3. The van der Waals surface area contributed by atoms with E-state index in [1.807, 2.05) is 18.2 Å².